The van der Waals surface area contributed by atoms with Crippen molar-refractivity contribution in [1.29, 1.82) is 0 Å². The topological polar surface area (TPSA) is 168 Å². The van der Waals surface area contributed by atoms with E-state index in [1.807, 2.05) is 0 Å². The zero-order valence-corrected chi connectivity index (χ0v) is 17.2. The number of carboxylic acid groups (broad SMARTS) is 4. The number of hydrogen-bond donors (Lipinski definition) is 4. The van der Waals surface area contributed by atoms with Crippen molar-refractivity contribution in [3.05, 3.63) is 81.9 Å². The van der Waals surface area contributed by atoms with Gasteiger partial charge in [0.15, 0.2) is 0 Å². The highest BCUT2D eigenvalue weighted by atomic mass is 19.2. The van der Waals surface area contributed by atoms with Gasteiger partial charge in [-0.05, 0) is 36.4 Å². The summed E-state index contributed by atoms with van der Waals surface area (Å²) in [6.07, 6.45) is 0. The van der Waals surface area contributed by atoms with Crippen LogP contribution >= 0.6 is 0 Å². The Hall–Kier alpha value is -5.14. The molecule has 0 saturated carbocycles. The van der Waals surface area contributed by atoms with Crippen LogP contribution in [0.4, 0.5) is 17.6 Å². The first-order valence-electron chi connectivity index (χ1n) is 9.26. The zero-order valence-electron chi connectivity index (χ0n) is 17.2. The van der Waals surface area contributed by atoms with Crippen molar-refractivity contribution >= 4 is 23.9 Å². The fraction of sp³-hybridized carbons (Fsp3) is 0. The fourth-order valence-corrected chi connectivity index (χ4v) is 2.91. The summed E-state index contributed by atoms with van der Waals surface area (Å²) in [4.78, 5) is 44.7. The molecule has 0 heterocycles. The van der Waals surface area contributed by atoms with Crippen molar-refractivity contribution in [2.45, 2.75) is 0 Å². The van der Waals surface area contributed by atoms with Crippen molar-refractivity contribution in [3.8, 4) is 23.0 Å². The van der Waals surface area contributed by atoms with E-state index in [1.165, 1.54) is 0 Å². The van der Waals surface area contributed by atoms with Crippen molar-refractivity contribution in [2.75, 3.05) is 0 Å². The van der Waals surface area contributed by atoms with Gasteiger partial charge in [0.1, 0.15) is 11.5 Å². The van der Waals surface area contributed by atoms with E-state index in [1.54, 1.807) is 0 Å². The summed E-state index contributed by atoms with van der Waals surface area (Å²) in [6.45, 7) is 0. The molecule has 0 unspecified atom stereocenters. The molecule has 3 aromatic rings. The quantitative estimate of drug-likeness (QED) is 0.248. The summed E-state index contributed by atoms with van der Waals surface area (Å²) in [5.74, 6) is -20.0. The Kier molecular flexibility index (Phi) is 6.81. The smallest absolute Gasteiger partial charge is 0.336 e. The van der Waals surface area contributed by atoms with E-state index < -0.39 is 92.4 Å². The van der Waals surface area contributed by atoms with Crippen LogP contribution in [0.15, 0.2) is 36.4 Å². The Morgan fingerprint density at radius 2 is 0.778 bits per heavy atom. The van der Waals surface area contributed by atoms with Crippen LogP contribution in [0.2, 0.25) is 0 Å². The van der Waals surface area contributed by atoms with E-state index in [-0.39, 0.29) is 0 Å². The number of carboxylic acids is 4. The first kappa shape index (κ1) is 25.5. The van der Waals surface area contributed by atoms with Gasteiger partial charge in [0.05, 0.1) is 22.3 Å². The van der Waals surface area contributed by atoms with Gasteiger partial charge >= 0.3 is 23.9 Å². The lowest BCUT2D eigenvalue weighted by Crippen LogP contribution is -2.09. The Morgan fingerprint density at radius 1 is 0.500 bits per heavy atom. The molecular formula is C22H10F4O10. The highest BCUT2D eigenvalue weighted by Gasteiger charge is 2.30. The van der Waals surface area contributed by atoms with Crippen LogP contribution in [-0.2, 0) is 0 Å². The molecule has 0 fully saturated rings. The molecule has 0 amide bonds. The molecule has 0 bridgehead atoms. The fourth-order valence-electron chi connectivity index (χ4n) is 2.91. The Labute approximate surface area is 196 Å². The number of rotatable bonds is 8. The van der Waals surface area contributed by atoms with Gasteiger partial charge in [-0.15, -0.1) is 0 Å². The van der Waals surface area contributed by atoms with Gasteiger partial charge in [-0.3, -0.25) is 0 Å². The highest BCUT2D eigenvalue weighted by Crippen LogP contribution is 2.39. The third-order valence-corrected chi connectivity index (χ3v) is 4.53. The summed E-state index contributed by atoms with van der Waals surface area (Å²) in [6, 6.07) is 4.13. The second-order valence-corrected chi connectivity index (χ2v) is 6.75. The van der Waals surface area contributed by atoms with Gasteiger partial charge in [0, 0.05) is 0 Å². The van der Waals surface area contributed by atoms with E-state index in [4.69, 9.17) is 29.9 Å². The molecule has 186 valence electrons. The number of halogens is 4. The summed E-state index contributed by atoms with van der Waals surface area (Å²) < 4.78 is 67.7. The summed E-state index contributed by atoms with van der Waals surface area (Å²) in [5.41, 5.74) is -3.10. The SMILES string of the molecule is O=C(O)c1ccc(Oc2c(F)c(F)c(Oc3ccc(C(=O)O)c(C(=O)O)c3)c(F)c2F)cc1C(=O)O. The lowest BCUT2D eigenvalue weighted by Gasteiger charge is -2.14. The van der Waals surface area contributed by atoms with E-state index in [0.717, 1.165) is 24.3 Å². The van der Waals surface area contributed by atoms with E-state index >= 15 is 0 Å². The average molecular weight is 510 g/mol. The van der Waals surface area contributed by atoms with Gasteiger partial charge in [-0.2, -0.15) is 17.6 Å². The Bertz CT molecular complexity index is 1310. The van der Waals surface area contributed by atoms with Gasteiger partial charge in [-0.1, -0.05) is 0 Å². The molecular weight excluding hydrogens is 500 g/mol. The average Bonchev–Trinajstić information content (AvgIpc) is 2.82. The molecule has 0 atom stereocenters. The lowest BCUT2D eigenvalue weighted by molar-refractivity contribution is 0.0651. The lowest BCUT2D eigenvalue weighted by atomic mass is 10.1. The predicted octanol–water partition coefficient (Wildman–Crippen LogP) is 4.62. The van der Waals surface area contributed by atoms with E-state index in [2.05, 4.69) is 0 Å². The van der Waals surface area contributed by atoms with Crippen LogP contribution in [0.1, 0.15) is 41.4 Å². The molecule has 4 N–H and O–H groups in total. The molecule has 0 saturated heterocycles. The maximum absolute atomic E-state index is 14.6. The monoisotopic (exact) mass is 510 g/mol. The second kappa shape index (κ2) is 9.61. The maximum atomic E-state index is 14.6. The largest absolute Gasteiger partial charge is 0.478 e. The van der Waals surface area contributed by atoms with Crippen molar-refractivity contribution in [2.24, 2.45) is 0 Å². The third kappa shape index (κ3) is 4.72. The van der Waals surface area contributed by atoms with Crippen LogP contribution in [0.25, 0.3) is 0 Å². The van der Waals surface area contributed by atoms with Crippen LogP contribution in [0.3, 0.4) is 0 Å². The minimum atomic E-state index is -2.14. The first-order valence-corrected chi connectivity index (χ1v) is 9.26. The third-order valence-electron chi connectivity index (χ3n) is 4.53. The van der Waals surface area contributed by atoms with E-state index in [0.29, 0.717) is 12.1 Å². The first-order chi connectivity index (χ1) is 16.8. The molecule has 3 aromatic carbocycles. The molecule has 3 rings (SSSR count). The molecule has 0 aliphatic heterocycles. The number of carbonyl (C=O) groups is 4. The van der Waals surface area contributed by atoms with Gasteiger partial charge in [0.2, 0.25) is 34.8 Å². The number of hydrogen-bond acceptors (Lipinski definition) is 6. The van der Waals surface area contributed by atoms with Crippen LogP contribution in [0.5, 0.6) is 23.0 Å². The van der Waals surface area contributed by atoms with Gasteiger partial charge in [0.25, 0.3) is 0 Å². The molecule has 36 heavy (non-hydrogen) atoms. The van der Waals surface area contributed by atoms with Crippen LogP contribution in [-0.4, -0.2) is 44.3 Å². The Balaban J connectivity index is 2.04. The number of ether oxygens (including phenoxy) is 2. The Morgan fingerprint density at radius 3 is 1.03 bits per heavy atom. The molecule has 0 radical (unpaired) electrons. The standard InChI is InChI=1S/C22H10F4O10/c23-13-15(25)18(36-8-2-4-10(20(29)30)12(6-8)22(33)34)16(26)14(24)17(13)35-7-1-3-9(19(27)28)11(5-7)21(31)32/h1-6H,(H,27,28)(H,29,30)(H,31,32)(H,33,34). The van der Waals surface area contributed by atoms with Crippen LogP contribution < -0.4 is 9.47 Å². The zero-order chi connectivity index (χ0) is 26.9. The van der Waals surface area contributed by atoms with Gasteiger partial charge < -0.3 is 29.9 Å². The predicted molar refractivity (Wildman–Crippen MR) is 107 cm³/mol. The van der Waals surface area contributed by atoms with E-state index in [9.17, 15) is 36.7 Å². The molecule has 10 nitrogen and oxygen atoms in total. The molecule has 14 heteroatoms. The van der Waals surface area contributed by atoms with Gasteiger partial charge in [-0.25, -0.2) is 19.2 Å². The minimum absolute atomic E-state index is 0.558. The number of benzene rings is 3. The van der Waals surface area contributed by atoms with Crippen molar-refractivity contribution in [3.63, 3.8) is 0 Å². The summed E-state index contributed by atoms with van der Waals surface area (Å²) in [7, 11) is 0. The minimum Gasteiger partial charge on any atom is -0.478 e. The molecule has 0 aliphatic carbocycles. The summed E-state index contributed by atoms with van der Waals surface area (Å²) >= 11 is 0. The van der Waals surface area contributed by atoms with Crippen molar-refractivity contribution < 1.29 is 66.6 Å². The maximum Gasteiger partial charge on any atom is 0.336 e. The van der Waals surface area contributed by atoms with Crippen molar-refractivity contribution in [1.82, 2.24) is 0 Å². The molecule has 0 spiro atoms. The number of aromatic carboxylic acids is 4. The molecule has 0 aromatic heterocycles. The second-order valence-electron chi connectivity index (χ2n) is 6.75. The van der Waals surface area contributed by atoms with Crippen LogP contribution in [0, 0.1) is 23.3 Å². The highest BCUT2D eigenvalue weighted by molar-refractivity contribution is 6.02. The normalized spacial score (nSPS) is 10.6. The molecule has 0 aliphatic rings. The summed E-state index contributed by atoms with van der Waals surface area (Å²) in [5, 5.41) is 36.2.